The van der Waals surface area contributed by atoms with Crippen molar-refractivity contribution < 1.29 is 23.1 Å². The van der Waals surface area contributed by atoms with Gasteiger partial charge in [0.15, 0.2) is 0 Å². The Balaban J connectivity index is 2.19. The van der Waals surface area contributed by atoms with Gasteiger partial charge in [0.05, 0.1) is 11.1 Å². The van der Waals surface area contributed by atoms with Crippen molar-refractivity contribution in [2.75, 3.05) is 0 Å². The van der Waals surface area contributed by atoms with E-state index < -0.39 is 18.6 Å². The highest BCUT2D eigenvalue weighted by molar-refractivity contribution is 5.92. The summed E-state index contributed by atoms with van der Waals surface area (Å²) in [4.78, 5) is 10.8. The fourth-order valence-corrected chi connectivity index (χ4v) is 1.69. The first-order valence-corrected chi connectivity index (χ1v) is 5.50. The Labute approximate surface area is 105 Å². The summed E-state index contributed by atoms with van der Waals surface area (Å²) in [7, 11) is 0. The predicted octanol–water partition coefficient (Wildman–Crippen LogP) is 2.47. The molecule has 19 heavy (non-hydrogen) atoms. The largest absolute Gasteiger partial charge is 0.478 e. The molecular weight excluding hydrogens is 263 g/mol. The zero-order valence-corrected chi connectivity index (χ0v) is 9.68. The topological polar surface area (TPSA) is 68.0 Å². The Kier molecular flexibility index (Phi) is 3.41. The number of carbonyl (C=O) groups is 1. The third kappa shape index (κ3) is 3.21. The third-order valence-electron chi connectivity index (χ3n) is 2.59. The summed E-state index contributed by atoms with van der Waals surface area (Å²) in [6.07, 6.45) is -5.24. The predicted molar refractivity (Wildman–Crippen MR) is 59.8 cm³/mol. The van der Waals surface area contributed by atoms with Crippen LogP contribution >= 0.6 is 0 Å². The van der Waals surface area contributed by atoms with E-state index in [2.05, 4.69) is 10.3 Å². The van der Waals surface area contributed by atoms with Gasteiger partial charge in [-0.05, 0) is 24.6 Å². The molecule has 0 spiro atoms. The molecule has 1 aromatic carbocycles. The van der Waals surface area contributed by atoms with Crippen LogP contribution in [0.25, 0.3) is 11.0 Å². The molecule has 0 saturated heterocycles. The van der Waals surface area contributed by atoms with Crippen LogP contribution in [0.4, 0.5) is 13.2 Å². The average molecular weight is 273 g/mol. The standard InChI is InChI=1S/C11H10F3N3O2/c12-11(13,14)4-1-5-17-9-6-7(10(18)19)2-3-8(9)15-16-17/h2-3,6H,1,4-5H2,(H,18,19). The molecule has 0 fully saturated rings. The normalized spacial score (nSPS) is 11.9. The summed E-state index contributed by atoms with van der Waals surface area (Å²) < 4.78 is 37.4. The Morgan fingerprint density at radius 3 is 2.74 bits per heavy atom. The highest BCUT2D eigenvalue weighted by atomic mass is 19.4. The van der Waals surface area contributed by atoms with E-state index in [9.17, 15) is 18.0 Å². The molecule has 102 valence electrons. The molecule has 0 aliphatic carbocycles. The summed E-state index contributed by atoms with van der Waals surface area (Å²) in [6.45, 7) is 0.0408. The summed E-state index contributed by atoms with van der Waals surface area (Å²) in [5.74, 6) is -1.11. The van der Waals surface area contributed by atoms with Crippen LogP contribution in [0.1, 0.15) is 23.2 Å². The molecular formula is C11H10F3N3O2. The maximum atomic E-state index is 12.0. The molecule has 0 unspecified atom stereocenters. The fraction of sp³-hybridized carbons (Fsp3) is 0.364. The number of aromatic carboxylic acids is 1. The van der Waals surface area contributed by atoms with Crippen LogP contribution in [0.2, 0.25) is 0 Å². The number of aryl methyl sites for hydroxylation is 1. The number of fused-ring (bicyclic) bond motifs is 1. The lowest BCUT2D eigenvalue weighted by atomic mass is 10.2. The maximum absolute atomic E-state index is 12.0. The van der Waals surface area contributed by atoms with Crippen molar-refractivity contribution in [3.8, 4) is 0 Å². The highest BCUT2D eigenvalue weighted by Gasteiger charge is 2.26. The van der Waals surface area contributed by atoms with E-state index in [1.54, 1.807) is 0 Å². The second-order valence-electron chi connectivity index (χ2n) is 4.04. The van der Waals surface area contributed by atoms with Gasteiger partial charge in [0.25, 0.3) is 0 Å². The Hall–Kier alpha value is -2.12. The Morgan fingerprint density at radius 1 is 1.37 bits per heavy atom. The molecule has 0 radical (unpaired) electrons. The molecule has 0 aliphatic heterocycles. The van der Waals surface area contributed by atoms with Crippen molar-refractivity contribution in [1.82, 2.24) is 15.0 Å². The van der Waals surface area contributed by atoms with Gasteiger partial charge in [0, 0.05) is 13.0 Å². The lowest BCUT2D eigenvalue weighted by Crippen LogP contribution is -2.10. The zero-order chi connectivity index (χ0) is 14.0. The SMILES string of the molecule is O=C(O)c1ccc2nnn(CCCC(F)(F)F)c2c1. The van der Waals surface area contributed by atoms with Crippen LogP contribution in [0.5, 0.6) is 0 Å². The number of carboxylic acid groups (broad SMARTS) is 1. The lowest BCUT2D eigenvalue weighted by molar-refractivity contribution is -0.136. The van der Waals surface area contributed by atoms with Crippen molar-refractivity contribution in [1.29, 1.82) is 0 Å². The molecule has 5 nitrogen and oxygen atoms in total. The molecule has 1 N–H and O–H groups in total. The number of rotatable bonds is 4. The molecule has 0 aliphatic rings. The zero-order valence-electron chi connectivity index (χ0n) is 9.68. The van der Waals surface area contributed by atoms with Gasteiger partial charge >= 0.3 is 12.1 Å². The van der Waals surface area contributed by atoms with Crippen LogP contribution in [0, 0.1) is 0 Å². The van der Waals surface area contributed by atoms with Gasteiger partial charge in [0.1, 0.15) is 5.52 Å². The average Bonchev–Trinajstić information content (AvgIpc) is 2.70. The van der Waals surface area contributed by atoms with E-state index in [4.69, 9.17) is 5.11 Å². The number of alkyl halides is 3. The first-order valence-electron chi connectivity index (χ1n) is 5.50. The number of benzene rings is 1. The smallest absolute Gasteiger partial charge is 0.389 e. The quantitative estimate of drug-likeness (QED) is 0.929. The number of halogens is 3. The third-order valence-corrected chi connectivity index (χ3v) is 2.59. The maximum Gasteiger partial charge on any atom is 0.389 e. The minimum absolute atomic E-state index is 0.0408. The highest BCUT2D eigenvalue weighted by Crippen LogP contribution is 2.22. The van der Waals surface area contributed by atoms with Gasteiger partial charge in [-0.3, -0.25) is 0 Å². The molecule has 0 amide bonds. The summed E-state index contributed by atoms with van der Waals surface area (Å²) in [6, 6.07) is 4.21. The number of hydrogen-bond acceptors (Lipinski definition) is 3. The van der Waals surface area contributed by atoms with E-state index in [0.717, 1.165) is 0 Å². The first kappa shape index (κ1) is 13.3. The van der Waals surface area contributed by atoms with Crippen LogP contribution in [-0.2, 0) is 6.54 Å². The summed E-state index contributed by atoms with van der Waals surface area (Å²) in [5, 5.41) is 16.4. The molecule has 0 saturated carbocycles. The molecule has 1 heterocycles. The number of aromatic nitrogens is 3. The molecule has 1 aromatic heterocycles. The van der Waals surface area contributed by atoms with E-state index >= 15 is 0 Å². The van der Waals surface area contributed by atoms with E-state index in [1.165, 1.54) is 22.9 Å². The number of nitrogens with zero attached hydrogens (tertiary/aromatic N) is 3. The van der Waals surface area contributed by atoms with Crippen molar-refractivity contribution in [3.05, 3.63) is 23.8 Å². The van der Waals surface area contributed by atoms with Crippen LogP contribution in [-0.4, -0.2) is 32.2 Å². The van der Waals surface area contributed by atoms with Gasteiger partial charge in [-0.2, -0.15) is 13.2 Å². The molecule has 8 heteroatoms. The van der Waals surface area contributed by atoms with E-state index in [0.29, 0.717) is 11.0 Å². The molecule has 0 bridgehead atoms. The monoisotopic (exact) mass is 273 g/mol. The summed E-state index contributed by atoms with van der Waals surface area (Å²) >= 11 is 0. The lowest BCUT2D eigenvalue weighted by Gasteiger charge is -2.06. The van der Waals surface area contributed by atoms with E-state index in [1.807, 2.05) is 0 Å². The van der Waals surface area contributed by atoms with Gasteiger partial charge in [-0.1, -0.05) is 5.21 Å². The van der Waals surface area contributed by atoms with Crippen molar-refractivity contribution in [2.45, 2.75) is 25.6 Å². The van der Waals surface area contributed by atoms with Crippen LogP contribution in [0.3, 0.4) is 0 Å². The van der Waals surface area contributed by atoms with Crippen LogP contribution in [0.15, 0.2) is 18.2 Å². The van der Waals surface area contributed by atoms with Gasteiger partial charge < -0.3 is 5.11 Å². The second kappa shape index (κ2) is 4.87. The van der Waals surface area contributed by atoms with Crippen LogP contribution < -0.4 is 0 Å². The van der Waals surface area contributed by atoms with Crippen molar-refractivity contribution in [3.63, 3.8) is 0 Å². The fourth-order valence-electron chi connectivity index (χ4n) is 1.69. The van der Waals surface area contributed by atoms with Gasteiger partial charge in [-0.25, -0.2) is 9.48 Å². The van der Waals surface area contributed by atoms with Crippen molar-refractivity contribution in [2.24, 2.45) is 0 Å². The minimum atomic E-state index is -4.21. The van der Waals surface area contributed by atoms with Crippen molar-refractivity contribution >= 4 is 17.0 Å². The number of carboxylic acids is 1. The molecule has 2 rings (SSSR count). The molecule has 0 atom stereocenters. The first-order chi connectivity index (χ1) is 8.87. The van der Waals surface area contributed by atoms with E-state index in [-0.39, 0.29) is 18.5 Å². The molecule has 2 aromatic rings. The Morgan fingerprint density at radius 2 is 2.11 bits per heavy atom. The second-order valence-corrected chi connectivity index (χ2v) is 4.04. The minimum Gasteiger partial charge on any atom is -0.478 e. The Bertz CT molecular complexity index is 607. The van der Waals surface area contributed by atoms with Gasteiger partial charge in [-0.15, -0.1) is 5.10 Å². The van der Waals surface area contributed by atoms with Gasteiger partial charge in [0.2, 0.25) is 0 Å². The number of hydrogen-bond donors (Lipinski definition) is 1. The summed E-state index contributed by atoms with van der Waals surface area (Å²) in [5.41, 5.74) is 0.922.